The van der Waals surface area contributed by atoms with Crippen molar-refractivity contribution in [1.29, 1.82) is 0 Å². The standard InChI is InChI=1S/C17H18O4/c1-12(17(19)20)6-4-5-9-21-16-11-14-8-3-2-7-13(14)10-15(16)18/h2-3,7-8,10-11,18H,1,4-6,9H2,(H,19,20). The lowest BCUT2D eigenvalue weighted by Crippen LogP contribution is -2.01. The topological polar surface area (TPSA) is 66.8 Å². The molecule has 2 N–H and O–H groups in total. The highest BCUT2D eigenvalue weighted by Gasteiger charge is 2.06. The van der Waals surface area contributed by atoms with Gasteiger partial charge in [0, 0.05) is 5.57 Å². The third kappa shape index (κ3) is 3.99. The molecule has 0 fully saturated rings. The Bertz CT molecular complexity index is 661. The van der Waals surface area contributed by atoms with Gasteiger partial charge in [-0.15, -0.1) is 0 Å². The van der Waals surface area contributed by atoms with Crippen molar-refractivity contribution in [2.24, 2.45) is 0 Å². The Morgan fingerprint density at radius 1 is 1.14 bits per heavy atom. The number of carboxylic acid groups (broad SMARTS) is 1. The van der Waals surface area contributed by atoms with Gasteiger partial charge in [0.15, 0.2) is 11.5 Å². The number of benzene rings is 2. The maximum absolute atomic E-state index is 10.6. The Morgan fingerprint density at radius 2 is 1.81 bits per heavy atom. The number of aliphatic carboxylic acids is 1. The summed E-state index contributed by atoms with van der Waals surface area (Å²) in [6.07, 6.45) is 1.85. The van der Waals surface area contributed by atoms with Gasteiger partial charge in [-0.2, -0.15) is 0 Å². The summed E-state index contributed by atoms with van der Waals surface area (Å²) in [4.78, 5) is 10.6. The molecule has 21 heavy (non-hydrogen) atoms. The molecule has 110 valence electrons. The number of carbonyl (C=O) groups is 1. The highest BCUT2D eigenvalue weighted by molar-refractivity contribution is 5.86. The van der Waals surface area contributed by atoms with Crippen LogP contribution in [-0.2, 0) is 4.79 Å². The molecule has 0 atom stereocenters. The maximum atomic E-state index is 10.6. The van der Waals surface area contributed by atoms with Crippen molar-refractivity contribution in [2.45, 2.75) is 19.3 Å². The van der Waals surface area contributed by atoms with E-state index in [9.17, 15) is 9.90 Å². The molecule has 0 saturated carbocycles. The minimum absolute atomic E-state index is 0.114. The molecule has 2 aromatic rings. The number of rotatable bonds is 7. The fourth-order valence-electron chi connectivity index (χ4n) is 2.05. The Labute approximate surface area is 123 Å². The summed E-state index contributed by atoms with van der Waals surface area (Å²) in [5, 5.41) is 20.6. The first-order chi connectivity index (χ1) is 10.1. The molecule has 0 aliphatic heterocycles. The number of fused-ring (bicyclic) bond motifs is 1. The summed E-state index contributed by atoms with van der Waals surface area (Å²) in [6, 6.07) is 11.2. The molecule has 0 aliphatic rings. The van der Waals surface area contributed by atoms with E-state index in [0.717, 1.165) is 10.8 Å². The Balaban J connectivity index is 1.87. The summed E-state index contributed by atoms with van der Waals surface area (Å²) < 4.78 is 5.56. The molecule has 4 nitrogen and oxygen atoms in total. The number of hydrogen-bond donors (Lipinski definition) is 2. The molecule has 0 unspecified atom stereocenters. The number of phenols is 1. The lowest BCUT2D eigenvalue weighted by Gasteiger charge is -2.09. The van der Waals surface area contributed by atoms with E-state index in [-0.39, 0.29) is 11.3 Å². The second-order valence-electron chi connectivity index (χ2n) is 4.88. The van der Waals surface area contributed by atoms with Gasteiger partial charge in [-0.25, -0.2) is 4.79 Å². The molecular weight excluding hydrogens is 268 g/mol. The monoisotopic (exact) mass is 286 g/mol. The molecule has 0 aromatic heterocycles. The number of phenolic OH excluding ortho intramolecular Hbond substituents is 1. The van der Waals surface area contributed by atoms with Gasteiger partial charge in [0.1, 0.15) is 0 Å². The maximum Gasteiger partial charge on any atom is 0.330 e. The largest absolute Gasteiger partial charge is 0.504 e. The van der Waals surface area contributed by atoms with Crippen molar-refractivity contribution in [1.82, 2.24) is 0 Å². The predicted molar refractivity (Wildman–Crippen MR) is 81.7 cm³/mol. The zero-order valence-electron chi connectivity index (χ0n) is 11.7. The Morgan fingerprint density at radius 3 is 2.48 bits per heavy atom. The van der Waals surface area contributed by atoms with Gasteiger partial charge in [0.25, 0.3) is 0 Å². The number of ether oxygens (including phenoxy) is 1. The normalized spacial score (nSPS) is 10.5. The summed E-state index contributed by atoms with van der Waals surface area (Å²) in [6.45, 7) is 3.91. The highest BCUT2D eigenvalue weighted by Crippen LogP contribution is 2.31. The first-order valence-electron chi connectivity index (χ1n) is 6.83. The molecule has 0 amide bonds. The van der Waals surface area contributed by atoms with Crippen LogP contribution < -0.4 is 4.74 Å². The quantitative estimate of drug-likeness (QED) is 0.601. The van der Waals surface area contributed by atoms with Gasteiger partial charge >= 0.3 is 5.97 Å². The third-order valence-corrected chi connectivity index (χ3v) is 3.26. The predicted octanol–water partition coefficient (Wildman–Crippen LogP) is 3.74. The summed E-state index contributed by atoms with van der Waals surface area (Å²) >= 11 is 0. The molecule has 2 rings (SSSR count). The molecule has 0 spiro atoms. The Hall–Kier alpha value is -2.49. The molecule has 0 radical (unpaired) electrons. The van der Waals surface area contributed by atoms with E-state index in [0.29, 0.717) is 31.6 Å². The number of unbranched alkanes of at least 4 members (excludes halogenated alkanes) is 1. The van der Waals surface area contributed by atoms with E-state index in [1.165, 1.54) is 0 Å². The molecule has 4 heteroatoms. The van der Waals surface area contributed by atoms with E-state index in [4.69, 9.17) is 9.84 Å². The molecular formula is C17H18O4. The lowest BCUT2D eigenvalue weighted by molar-refractivity contribution is -0.132. The van der Waals surface area contributed by atoms with Gasteiger partial charge in [-0.05, 0) is 42.2 Å². The van der Waals surface area contributed by atoms with Crippen LogP contribution in [0.4, 0.5) is 0 Å². The van der Waals surface area contributed by atoms with Crippen LogP contribution in [0, 0.1) is 0 Å². The zero-order chi connectivity index (χ0) is 15.2. The smallest absolute Gasteiger partial charge is 0.330 e. The van der Waals surface area contributed by atoms with Gasteiger partial charge < -0.3 is 14.9 Å². The van der Waals surface area contributed by atoms with Crippen LogP contribution in [0.2, 0.25) is 0 Å². The van der Waals surface area contributed by atoms with E-state index < -0.39 is 5.97 Å². The average Bonchev–Trinajstić information content (AvgIpc) is 2.46. The minimum Gasteiger partial charge on any atom is -0.504 e. The molecule has 0 saturated heterocycles. The van der Waals surface area contributed by atoms with Crippen LogP contribution >= 0.6 is 0 Å². The van der Waals surface area contributed by atoms with Gasteiger partial charge in [-0.1, -0.05) is 30.8 Å². The summed E-state index contributed by atoms with van der Waals surface area (Å²) in [5.74, 6) is -0.391. The summed E-state index contributed by atoms with van der Waals surface area (Å²) in [5.41, 5.74) is 0.212. The van der Waals surface area contributed by atoms with Crippen molar-refractivity contribution in [2.75, 3.05) is 6.61 Å². The SMILES string of the molecule is C=C(CCCCOc1cc2ccccc2cc1O)C(=O)O. The van der Waals surface area contributed by atoms with Gasteiger partial charge in [0.05, 0.1) is 6.61 Å². The van der Waals surface area contributed by atoms with Crippen molar-refractivity contribution < 1.29 is 19.7 Å². The Kier molecular flexibility index (Phi) is 4.82. The van der Waals surface area contributed by atoms with Gasteiger partial charge in [0.2, 0.25) is 0 Å². The van der Waals surface area contributed by atoms with Gasteiger partial charge in [-0.3, -0.25) is 0 Å². The first-order valence-corrected chi connectivity index (χ1v) is 6.83. The molecule has 0 heterocycles. The van der Waals surface area contributed by atoms with Crippen LogP contribution in [-0.4, -0.2) is 22.8 Å². The zero-order valence-corrected chi connectivity index (χ0v) is 11.7. The highest BCUT2D eigenvalue weighted by atomic mass is 16.5. The molecule has 2 aromatic carbocycles. The molecule has 0 aliphatic carbocycles. The van der Waals surface area contributed by atoms with Crippen LogP contribution in [0.3, 0.4) is 0 Å². The van der Waals surface area contributed by atoms with E-state index >= 15 is 0 Å². The minimum atomic E-state index is -0.955. The van der Waals surface area contributed by atoms with Crippen LogP contribution in [0.15, 0.2) is 48.6 Å². The van der Waals surface area contributed by atoms with E-state index in [1.807, 2.05) is 24.3 Å². The van der Waals surface area contributed by atoms with Crippen LogP contribution in [0.1, 0.15) is 19.3 Å². The number of carboxylic acids is 1. The van der Waals surface area contributed by atoms with Crippen molar-refractivity contribution in [3.05, 3.63) is 48.6 Å². The second-order valence-corrected chi connectivity index (χ2v) is 4.88. The van der Waals surface area contributed by atoms with E-state index in [1.54, 1.807) is 12.1 Å². The number of aromatic hydroxyl groups is 1. The van der Waals surface area contributed by atoms with E-state index in [2.05, 4.69) is 6.58 Å². The van der Waals surface area contributed by atoms with Crippen LogP contribution in [0.25, 0.3) is 10.8 Å². The summed E-state index contributed by atoms with van der Waals surface area (Å²) in [7, 11) is 0. The van der Waals surface area contributed by atoms with Crippen molar-refractivity contribution >= 4 is 16.7 Å². The fourth-order valence-corrected chi connectivity index (χ4v) is 2.05. The third-order valence-electron chi connectivity index (χ3n) is 3.26. The van der Waals surface area contributed by atoms with Crippen LogP contribution in [0.5, 0.6) is 11.5 Å². The van der Waals surface area contributed by atoms with Crippen molar-refractivity contribution in [3.8, 4) is 11.5 Å². The first kappa shape index (κ1) is 14.9. The number of hydrogen-bond acceptors (Lipinski definition) is 3. The second kappa shape index (κ2) is 6.79. The van der Waals surface area contributed by atoms with Crippen molar-refractivity contribution in [3.63, 3.8) is 0 Å². The lowest BCUT2D eigenvalue weighted by atomic mass is 10.1. The molecule has 0 bridgehead atoms. The average molecular weight is 286 g/mol. The fraction of sp³-hybridized carbons (Fsp3) is 0.235.